The van der Waals surface area contributed by atoms with Crippen LogP contribution in [0.3, 0.4) is 0 Å². The van der Waals surface area contributed by atoms with Gasteiger partial charge in [0.1, 0.15) is 12.4 Å². The molecule has 1 aliphatic rings. The Morgan fingerprint density at radius 1 is 1.12 bits per heavy atom. The maximum Gasteiger partial charge on any atom is 0.257 e. The van der Waals surface area contributed by atoms with E-state index >= 15 is 0 Å². The zero-order chi connectivity index (χ0) is 22.6. The van der Waals surface area contributed by atoms with E-state index in [1.54, 1.807) is 34.8 Å². The van der Waals surface area contributed by atoms with E-state index in [4.69, 9.17) is 4.74 Å². The number of benzene rings is 2. The summed E-state index contributed by atoms with van der Waals surface area (Å²) in [5.74, 6) is 0.546. The lowest BCUT2D eigenvalue weighted by atomic mass is 10.1. The van der Waals surface area contributed by atoms with Gasteiger partial charge in [0.05, 0.1) is 16.4 Å². The Morgan fingerprint density at radius 3 is 2.70 bits per heavy atom. The monoisotopic (exact) mass is 476 g/mol. The molecule has 0 aliphatic carbocycles. The molecule has 1 N–H and O–H groups in total. The van der Waals surface area contributed by atoms with Crippen LogP contribution in [-0.4, -0.2) is 27.3 Å². The molecule has 5 rings (SSSR count). The standard InChI is InChI=1S/C25H24N4O2S2/c1-17-26-20(16-32-17)15-31-21-9-7-19(8-10-21)24(30)28-25-27-22-11-12-29(14-23(22)33-25)13-18-5-3-2-4-6-18/h2-10,16H,11-15H2,1H3,(H,27,28,30). The zero-order valence-corrected chi connectivity index (χ0v) is 19.9. The first-order valence-electron chi connectivity index (χ1n) is 10.8. The lowest BCUT2D eigenvalue weighted by Crippen LogP contribution is -2.29. The number of amides is 1. The van der Waals surface area contributed by atoms with Gasteiger partial charge in [-0.05, 0) is 36.8 Å². The summed E-state index contributed by atoms with van der Waals surface area (Å²) in [6.45, 7) is 5.16. The summed E-state index contributed by atoms with van der Waals surface area (Å²) >= 11 is 3.17. The molecule has 2 aromatic heterocycles. The molecule has 0 spiro atoms. The van der Waals surface area contributed by atoms with Crippen LogP contribution in [0, 0.1) is 6.92 Å². The van der Waals surface area contributed by atoms with Crippen molar-refractivity contribution in [3.63, 3.8) is 0 Å². The number of aromatic nitrogens is 2. The second-order valence-corrected chi connectivity index (χ2v) is 10.1. The van der Waals surface area contributed by atoms with Crippen LogP contribution in [0.15, 0.2) is 60.0 Å². The Bertz CT molecular complexity index is 1240. The molecule has 0 fully saturated rings. The normalized spacial score (nSPS) is 13.5. The highest BCUT2D eigenvalue weighted by Crippen LogP contribution is 2.29. The van der Waals surface area contributed by atoms with Crippen LogP contribution in [-0.2, 0) is 26.1 Å². The average molecular weight is 477 g/mol. The minimum absolute atomic E-state index is 0.163. The first-order chi connectivity index (χ1) is 16.1. The van der Waals surface area contributed by atoms with Crippen LogP contribution in [0.25, 0.3) is 0 Å². The average Bonchev–Trinajstić information content (AvgIpc) is 3.43. The van der Waals surface area contributed by atoms with E-state index in [9.17, 15) is 4.79 Å². The largest absolute Gasteiger partial charge is 0.487 e. The number of nitrogens with zero attached hydrogens (tertiary/aromatic N) is 3. The minimum atomic E-state index is -0.163. The maximum atomic E-state index is 12.7. The van der Waals surface area contributed by atoms with E-state index < -0.39 is 0 Å². The van der Waals surface area contributed by atoms with Gasteiger partial charge in [0.15, 0.2) is 5.13 Å². The highest BCUT2D eigenvalue weighted by Gasteiger charge is 2.21. The van der Waals surface area contributed by atoms with Crippen LogP contribution in [0.5, 0.6) is 5.75 Å². The van der Waals surface area contributed by atoms with E-state index in [1.807, 2.05) is 30.5 Å². The summed E-state index contributed by atoms with van der Waals surface area (Å²) < 4.78 is 5.76. The molecule has 0 saturated heterocycles. The predicted molar refractivity (Wildman–Crippen MR) is 132 cm³/mol. The number of carbonyl (C=O) groups is 1. The Kier molecular flexibility index (Phi) is 6.48. The number of ether oxygens (including phenoxy) is 1. The minimum Gasteiger partial charge on any atom is -0.487 e. The molecule has 4 aromatic rings. The van der Waals surface area contributed by atoms with Crippen molar-refractivity contribution in [3.05, 3.63) is 92.4 Å². The van der Waals surface area contributed by atoms with Gasteiger partial charge in [0, 0.05) is 41.9 Å². The molecule has 0 bridgehead atoms. The van der Waals surface area contributed by atoms with E-state index in [0.717, 1.165) is 42.5 Å². The second-order valence-electron chi connectivity index (χ2n) is 7.96. The number of anilines is 1. The Hall–Kier alpha value is -3.07. The van der Waals surface area contributed by atoms with Crippen molar-refractivity contribution in [2.75, 3.05) is 11.9 Å². The number of carbonyl (C=O) groups excluding carboxylic acids is 1. The van der Waals surface area contributed by atoms with Crippen molar-refractivity contribution in [2.45, 2.75) is 33.0 Å². The van der Waals surface area contributed by atoms with Gasteiger partial charge in [-0.25, -0.2) is 9.97 Å². The van der Waals surface area contributed by atoms with Crippen LogP contribution in [0.1, 0.15) is 37.2 Å². The smallest absolute Gasteiger partial charge is 0.257 e. The number of hydrogen-bond donors (Lipinski definition) is 1. The van der Waals surface area contributed by atoms with Gasteiger partial charge in [-0.2, -0.15) is 0 Å². The second kappa shape index (κ2) is 9.82. The van der Waals surface area contributed by atoms with Gasteiger partial charge in [0.25, 0.3) is 5.91 Å². The summed E-state index contributed by atoms with van der Waals surface area (Å²) in [6.07, 6.45) is 0.902. The highest BCUT2D eigenvalue weighted by atomic mass is 32.1. The summed E-state index contributed by atoms with van der Waals surface area (Å²) in [5, 5.41) is 6.63. The van der Waals surface area contributed by atoms with E-state index in [2.05, 4.69) is 44.5 Å². The third-order valence-electron chi connectivity index (χ3n) is 5.45. The Balaban J connectivity index is 1.17. The van der Waals surface area contributed by atoms with E-state index in [0.29, 0.717) is 23.1 Å². The van der Waals surface area contributed by atoms with Gasteiger partial charge in [-0.1, -0.05) is 30.3 Å². The van der Waals surface area contributed by atoms with Crippen LogP contribution < -0.4 is 10.1 Å². The van der Waals surface area contributed by atoms with Crippen molar-refractivity contribution >= 4 is 33.7 Å². The molecule has 6 nitrogen and oxygen atoms in total. The molecular formula is C25H24N4O2S2. The van der Waals surface area contributed by atoms with E-state index in [-0.39, 0.29) is 5.91 Å². The van der Waals surface area contributed by atoms with Crippen LogP contribution >= 0.6 is 22.7 Å². The van der Waals surface area contributed by atoms with Gasteiger partial charge in [-0.3, -0.25) is 15.0 Å². The number of hydrogen-bond acceptors (Lipinski definition) is 7. The van der Waals surface area contributed by atoms with Gasteiger partial charge in [0.2, 0.25) is 0 Å². The summed E-state index contributed by atoms with van der Waals surface area (Å²) in [4.78, 5) is 25.4. The highest BCUT2D eigenvalue weighted by molar-refractivity contribution is 7.15. The molecule has 33 heavy (non-hydrogen) atoms. The topological polar surface area (TPSA) is 67.3 Å². The van der Waals surface area contributed by atoms with Crippen molar-refractivity contribution in [3.8, 4) is 5.75 Å². The first-order valence-corrected chi connectivity index (χ1v) is 12.5. The Morgan fingerprint density at radius 2 is 1.94 bits per heavy atom. The fourth-order valence-electron chi connectivity index (χ4n) is 3.78. The quantitative estimate of drug-likeness (QED) is 0.392. The molecule has 1 amide bonds. The fourth-order valence-corrected chi connectivity index (χ4v) is 5.42. The van der Waals surface area contributed by atoms with Crippen LogP contribution in [0.4, 0.5) is 5.13 Å². The third kappa shape index (κ3) is 5.47. The number of rotatable bonds is 7. The molecule has 1 aliphatic heterocycles. The van der Waals surface area contributed by atoms with Gasteiger partial charge >= 0.3 is 0 Å². The number of thiazole rings is 2. The zero-order valence-electron chi connectivity index (χ0n) is 18.3. The van der Waals surface area contributed by atoms with Crippen molar-refractivity contribution in [2.24, 2.45) is 0 Å². The predicted octanol–water partition coefficient (Wildman–Crippen LogP) is 5.30. The molecule has 0 unspecified atom stereocenters. The molecular weight excluding hydrogens is 452 g/mol. The van der Waals surface area contributed by atoms with Crippen molar-refractivity contribution in [1.29, 1.82) is 0 Å². The molecule has 0 radical (unpaired) electrons. The summed E-state index contributed by atoms with van der Waals surface area (Å²) in [7, 11) is 0. The lowest BCUT2D eigenvalue weighted by molar-refractivity contribution is 0.102. The summed E-state index contributed by atoms with van der Waals surface area (Å²) in [6, 6.07) is 17.7. The SMILES string of the molecule is Cc1nc(COc2ccc(C(=O)Nc3nc4c(s3)CN(Cc3ccccc3)CC4)cc2)cs1. The molecule has 0 atom stereocenters. The lowest BCUT2D eigenvalue weighted by Gasteiger charge is -2.25. The Labute approximate surface area is 200 Å². The molecule has 3 heterocycles. The van der Waals surface area contributed by atoms with Gasteiger partial charge in [-0.15, -0.1) is 22.7 Å². The molecule has 168 valence electrons. The third-order valence-corrected chi connectivity index (χ3v) is 7.27. The summed E-state index contributed by atoms with van der Waals surface area (Å²) in [5.41, 5.74) is 3.90. The van der Waals surface area contributed by atoms with Crippen molar-refractivity contribution in [1.82, 2.24) is 14.9 Å². The number of fused-ring (bicyclic) bond motifs is 1. The number of aryl methyl sites for hydroxylation is 1. The molecule has 0 saturated carbocycles. The van der Waals surface area contributed by atoms with Gasteiger partial charge < -0.3 is 4.74 Å². The fraction of sp³-hybridized carbons (Fsp3) is 0.240. The molecule has 2 aromatic carbocycles. The maximum absolute atomic E-state index is 12.7. The van der Waals surface area contributed by atoms with Crippen molar-refractivity contribution < 1.29 is 9.53 Å². The van der Waals surface area contributed by atoms with Crippen LogP contribution in [0.2, 0.25) is 0 Å². The first kappa shape index (κ1) is 21.8. The van der Waals surface area contributed by atoms with E-state index in [1.165, 1.54) is 10.4 Å². The molecule has 8 heteroatoms. The number of nitrogens with one attached hydrogen (secondary N) is 1.